The van der Waals surface area contributed by atoms with Gasteiger partial charge in [0.2, 0.25) is 10.0 Å². The molecule has 0 N–H and O–H groups in total. The van der Waals surface area contributed by atoms with Crippen LogP contribution in [0.2, 0.25) is 0 Å². The van der Waals surface area contributed by atoms with E-state index in [1.165, 1.54) is 42.0 Å². The van der Waals surface area contributed by atoms with Crippen LogP contribution in [0.5, 0.6) is 11.5 Å². The van der Waals surface area contributed by atoms with Crippen molar-refractivity contribution in [1.29, 1.82) is 0 Å². The maximum Gasteiger partial charge on any atom is 0.235 e. The number of anilines is 1. The van der Waals surface area contributed by atoms with Gasteiger partial charge in [0, 0.05) is 6.20 Å². The Morgan fingerprint density at radius 3 is 2.16 bits per heavy atom. The molecule has 0 atom stereocenters. The van der Waals surface area contributed by atoms with Crippen LogP contribution in [-0.4, -0.2) is 19.2 Å². The summed E-state index contributed by atoms with van der Waals surface area (Å²) in [7, 11) is -3.45. The molecule has 0 aliphatic heterocycles. The Morgan fingerprint density at radius 2 is 1.56 bits per heavy atom. The van der Waals surface area contributed by atoms with Gasteiger partial charge in [-0.1, -0.05) is 37.5 Å². The number of nitrogens with zero attached hydrogens (tertiary/aromatic N) is 2. The van der Waals surface area contributed by atoms with Crippen molar-refractivity contribution in [2.24, 2.45) is 0 Å². The molecule has 2 aromatic carbocycles. The zero-order valence-electron chi connectivity index (χ0n) is 18.5. The Kier molecular flexibility index (Phi) is 7.10. The van der Waals surface area contributed by atoms with Gasteiger partial charge in [-0.2, -0.15) is 0 Å². The molecule has 3 aromatic rings. The van der Waals surface area contributed by atoms with Gasteiger partial charge >= 0.3 is 0 Å². The molecule has 5 nitrogen and oxygen atoms in total. The molecule has 1 aliphatic carbocycles. The molecule has 0 saturated heterocycles. The van der Waals surface area contributed by atoms with Crippen molar-refractivity contribution in [3.05, 3.63) is 84.2 Å². The number of sulfonamides is 1. The zero-order chi connectivity index (χ0) is 22.4. The summed E-state index contributed by atoms with van der Waals surface area (Å²) < 4.78 is 32.8. The first-order valence-electron chi connectivity index (χ1n) is 11.3. The number of rotatable bonds is 8. The SMILES string of the molecule is CCS(=O)(=O)N(Cc1ccccn1)c1ccc(Oc2ccc(C3CCCCC3)cc2)cc1. The first kappa shape index (κ1) is 22.3. The molecular weight excluding hydrogens is 420 g/mol. The quantitative estimate of drug-likeness (QED) is 0.405. The Bertz CT molecular complexity index is 1090. The van der Waals surface area contributed by atoms with Crippen molar-refractivity contribution in [1.82, 2.24) is 4.98 Å². The monoisotopic (exact) mass is 450 g/mol. The molecule has 168 valence electrons. The summed E-state index contributed by atoms with van der Waals surface area (Å²) in [6.45, 7) is 1.84. The second-order valence-corrected chi connectivity index (χ2v) is 10.4. The van der Waals surface area contributed by atoms with Gasteiger partial charge < -0.3 is 4.74 Å². The van der Waals surface area contributed by atoms with E-state index in [-0.39, 0.29) is 12.3 Å². The Morgan fingerprint density at radius 1 is 0.906 bits per heavy atom. The summed E-state index contributed by atoms with van der Waals surface area (Å²) in [5, 5.41) is 0. The van der Waals surface area contributed by atoms with Crippen molar-refractivity contribution in [2.75, 3.05) is 10.1 Å². The van der Waals surface area contributed by atoms with Crippen LogP contribution in [0.15, 0.2) is 72.9 Å². The van der Waals surface area contributed by atoms with Crippen LogP contribution >= 0.6 is 0 Å². The molecule has 1 saturated carbocycles. The number of hydrogen-bond donors (Lipinski definition) is 0. The Hall–Kier alpha value is -2.86. The molecule has 0 radical (unpaired) electrons. The minimum absolute atomic E-state index is 0.0193. The van der Waals surface area contributed by atoms with E-state index in [4.69, 9.17) is 4.74 Å². The summed E-state index contributed by atoms with van der Waals surface area (Å²) in [5.41, 5.74) is 2.68. The largest absolute Gasteiger partial charge is 0.457 e. The lowest BCUT2D eigenvalue weighted by Crippen LogP contribution is -2.32. The normalized spacial score (nSPS) is 14.8. The average Bonchev–Trinajstić information content (AvgIpc) is 2.85. The summed E-state index contributed by atoms with van der Waals surface area (Å²) in [4.78, 5) is 4.28. The fourth-order valence-corrected chi connectivity index (χ4v) is 5.29. The molecule has 0 amide bonds. The van der Waals surface area contributed by atoms with E-state index in [0.717, 1.165) is 5.75 Å². The summed E-state index contributed by atoms with van der Waals surface area (Å²) >= 11 is 0. The summed E-state index contributed by atoms with van der Waals surface area (Å²) in [6, 6.07) is 21.0. The second-order valence-electron chi connectivity index (χ2n) is 8.23. The van der Waals surface area contributed by atoms with Crippen LogP contribution < -0.4 is 9.04 Å². The Labute approximate surface area is 191 Å². The van der Waals surface area contributed by atoms with E-state index in [9.17, 15) is 8.42 Å². The highest BCUT2D eigenvalue weighted by Gasteiger charge is 2.21. The molecule has 32 heavy (non-hydrogen) atoms. The first-order valence-corrected chi connectivity index (χ1v) is 12.9. The van der Waals surface area contributed by atoms with Gasteiger partial charge in [-0.15, -0.1) is 0 Å². The molecule has 1 aliphatic rings. The van der Waals surface area contributed by atoms with Gasteiger partial charge in [0.15, 0.2) is 0 Å². The highest BCUT2D eigenvalue weighted by molar-refractivity contribution is 7.92. The fraction of sp³-hybridized carbons (Fsp3) is 0.346. The van der Waals surface area contributed by atoms with Gasteiger partial charge in [0.1, 0.15) is 11.5 Å². The molecule has 0 spiro atoms. The molecule has 4 rings (SSSR count). The molecular formula is C26H30N2O3S. The highest BCUT2D eigenvalue weighted by atomic mass is 32.2. The van der Waals surface area contributed by atoms with Gasteiger partial charge in [0.05, 0.1) is 23.7 Å². The van der Waals surface area contributed by atoms with Crippen LogP contribution in [0.4, 0.5) is 5.69 Å². The van der Waals surface area contributed by atoms with E-state index in [1.807, 2.05) is 30.3 Å². The number of aromatic nitrogens is 1. The molecule has 1 fully saturated rings. The lowest BCUT2D eigenvalue weighted by molar-refractivity contribution is 0.442. The van der Waals surface area contributed by atoms with E-state index in [2.05, 4.69) is 17.1 Å². The maximum atomic E-state index is 12.7. The minimum atomic E-state index is -3.45. The highest BCUT2D eigenvalue weighted by Crippen LogP contribution is 2.34. The van der Waals surface area contributed by atoms with Crippen molar-refractivity contribution in [2.45, 2.75) is 51.5 Å². The van der Waals surface area contributed by atoms with E-state index >= 15 is 0 Å². The number of hydrogen-bond acceptors (Lipinski definition) is 4. The van der Waals surface area contributed by atoms with Crippen LogP contribution in [-0.2, 0) is 16.6 Å². The van der Waals surface area contributed by atoms with E-state index in [1.54, 1.807) is 37.4 Å². The molecule has 0 unspecified atom stereocenters. The fourth-order valence-electron chi connectivity index (χ4n) is 4.21. The summed E-state index contributed by atoms with van der Waals surface area (Å²) in [6.07, 6.45) is 8.21. The van der Waals surface area contributed by atoms with Crippen molar-refractivity contribution in [3.63, 3.8) is 0 Å². The third-order valence-corrected chi connectivity index (χ3v) is 7.79. The predicted molar refractivity (Wildman–Crippen MR) is 129 cm³/mol. The van der Waals surface area contributed by atoms with Crippen molar-refractivity contribution >= 4 is 15.7 Å². The lowest BCUT2D eigenvalue weighted by Gasteiger charge is -2.24. The Balaban J connectivity index is 1.47. The molecule has 1 aromatic heterocycles. The van der Waals surface area contributed by atoms with Gasteiger partial charge in [-0.3, -0.25) is 9.29 Å². The number of benzene rings is 2. The molecule has 0 bridgehead atoms. The maximum absolute atomic E-state index is 12.7. The third-order valence-electron chi connectivity index (χ3n) is 6.05. The number of pyridine rings is 1. The third kappa shape index (κ3) is 5.49. The van der Waals surface area contributed by atoms with Crippen LogP contribution in [0.1, 0.15) is 56.2 Å². The standard InChI is InChI=1S/C26H30N2O3S/c1-2-32(29,30)28(20-23-10-6-7-19-27-23)24-13-17-26(18-14-24)31-25-15-11-22(12-16-25)21-8-4-3-5-9-21/h6-7,10-19,21H,2-5,8-9,20H2,1H3. The lowest BCUT2D eigenvalue weighted by atomic mass is 9.84. The van der Waals surface area contributed by atoms with Crippen LogP contribution in [0.3, 0.4) is 0 Å². The van der Waals surface area contributed by atoms with Crippen LogP contribution in [0, 0.1) is 0 Å². The molecule has 1 heterocycles. The van der Waals surface area contributed by atoms with Gasteiger partial charge in [-0.05, 0) is 79.8 Å². The second kappa shape index (κ2) is 10.2. The topological polar surface area (TPSA) is 59.5 Å². The van der Waals surface area contributed by atoms with Gasteiger partial charge in [-0.25, -0.2) is 8.42 Å². The van der Waals surface area contributed by atoms with E-state index in [0.29, 0.717) is 23.0 Å². The first-order chi connectivity index (χ1) is 15.5. The average molecular weight is 451 g/mol. The predicted octanol–water partition coefficient (Wildman–Crippen LogP) is 6.28. The van der Waals surface area contributed by atoms with Crippen molar-refractivity contribution < 1.29 is 13.2 Å². The minimum Gasteiger partial charge on any atom is -0.457 e. The summed E-state index contributed by atoms with van der Waals surface area (Å²) in [5.74, 6) is 2.14. The number of ether oxygens (including phenoxy) is 1. The van der Waals surface area contributed by atoms with Crippen LogP contribution in [0.25, 0.3) is 0 Å². The van der Waals surface area contributed by atoms with Crippen molar-refractivity contribution in [3.8, 4) is 11.5 Å². The zero-order valence-corrected chi connectivity index (χ0v) is 19.3. The smallest absolute Gasteiger partial charge is 0.235 e. The van der Waals surface area contributed by atoms with Gasteiger partial charge in [0.25, 0.3) is 0 Å². The van der Waals surface area contributed by atoms with E-state index < -0.39 is 10.0 Å². The molecule has 6 heteroatoms.